The third-order valence-corrected chi connectivity index (χ3v) is 3.84. The van der Waals surface area contributed by atoms with Crippen molar-refractivity contribution in [3.63, 3.8) is 0 Å². The van der Waals surface area contributed by atoms with Crippen molar-refractivity contribution in [2.75, 3.05) is 11.9 Å². The number of hydrogen-bond acceptors (Lipinski definition) is 2. The number of nitrogens with zero attached hydrogens (tertiary/aromatic N) is 1. The molecule has 21 heavy (non-hydrogen) atoms. The summed E-state index contributed by atoms with van der Waals surface area (Å²) < 4.78 is 0. The lowest BCUT2D eigenvalue weighted by atomic mass is 10.0. The summed E-state index contributed by atoms with van der Waals surface area (Å²) in [6.45, 7) is 0. The molecule has 2 rings (SSSR count). The minimum Gasteiger partial charge on any atom is -0.318 e. The van der Waals surface area contributed by atoms with Crippen LogP contribution in [0.4, 0.5) is 5.69 Å². The molecule has 2 aromatic carbocycles. The van der Waals surface area contributed by atoms with Crippen LogP contribution in [0, 0.1) is 0 Å². The fourth-order valence-corrected chi connectivity index (χ4v) is 2.20. The number of hydrogen-bond donors (Lipinski definition) is 0. The average molecular weight is 322 g/mol. The molecule has 1 amide bonds. The predicted molar refractivity (Wildman–Crippen MR) is 85.4 cm³/mol. The van der Waals surface area contributed by atoms with Crippen molar-refractivity contribution in [3.05, 3.63) is 63.6 Å². The molecule has 0 spiro atoms. The van der Waals surface area contributed by atoms with Crippen molar-refractivity contribution < 1.29 is 9.59 Å². The number of anilines is 1. The summed E-state index contributed by atoms with van der Waals surface area (Å²) in [5.74, 6) is -0.0197. The van der Waals surface area contributed by atoms with Crippen LogP contribution in [0.5, 0.6) is 0 Å². The van der Waals surface area contributed by atoms with Gasteiger partial charge in [0, 0.05) is 24.7 Å². The highest BCUT2D eigenvalue weighted by atomic mass is 35.5. The second-order valence-corrected chi connectivity index (χ2v) is 5.43. The zero-order valence-electron chi connectivity index (χ0n) is 11.3. The molecule has 0 aliphatic carbocycles. The highest BCUT2D eigenvalue weighted by molar-refractivity contribution is 6.42. The van der Waals surface area contributed by atoms with Gasteiger partial charge in [-0.25, -0.2) is 0 Å². The fourth-order valence-electron chi connectivity index (χ4n) is 1.88. The van der Waals surface area contributed by atoms with E-state index in [-0.39, 0.29) is 12.2 Å². The second-order valence-electron chi connectivity index (χ2n) is 4.61. The van der Waals surface area contributed by atoms with E-state index in [4.69, 9.17) is 23.2 Å². The zero-order valence-corrected chi connectivity index (χ0v) is 12.9. The molecule has 0 aromatic heterocycles. The van der Waals surface area contributed by atoms with E-state index in [1.807, 2.05) is 0 Å². The van der Waals surface area contributed by atoms with Crippen molar-refractivity contribution in [1.29, 1.82) is 0 Å². The normalized spacial score (nSPS) is 10.2. The summed E-state index contributed by atoms with van der Waals surface area (Å²) in [4.78, 5) is 24.3. The van der Waals surface area contributed by atoms with E-state index in [2.05, 4.69) is 0 Å². The van der Waals surface area contributed by atoms with E-state index in [0.717, 1.165) is 11.3 Å². The van der Waals surface area contributed by atoms with Crippen molar-refractivity contribution in [2.24, 2.45) is 0 Å². The van der Waals surface area contributed by atoms with E-state index in [9.17, 15) is 9.59 Å². The first-order chi connectivity index (χ1) is 10.0. The van der Waals surface area contributed by atoms with Crippen LogP contribution in [0.15, 0.2) is 42.5 Å². The highest BCUT2D eigenvalue weighted by Crippen LogP contribution is 2.23. The lowest BCUT2D eigenvalue weighted by molar-refractivity contribution is -0.107. The number of carbonyl (C=O) groups is 2. The lowest BCUT2D eigenvalue weighted by Gasteiger charge is -2.10. The van der Waals surface area contributed by atoms with Crippen LogP contribution < -0.4 is 4.90 Å². The molecule has 0 unspecified atom stereocenters. The molecule has 0 radical (unpaired) electrons. The highest BCUT2D eigenvalue weighted by Gasteiger charge is 2.09. The van der Waals surface area contributed by atoms with E-state index < -0.39 is 0 Å². The Bertz CT molecular complexity index is 668. The summed E-state index contributed by atoms with van der Waals surface area (Å²) in [5, 5.41) is 0.902. The average Bonchev–Trinajstić information content (AvgIpc) is 2.50. The van der Waals surface area contributed by atoms with Gasteiger partial charge >= 0.3 is 0 Å². The van der Waals surface area contributed by atoms with E-state index in [0.29, 0.717) is 22.0 Å². The van der Waals surface area contributed by atoms with Gasteiger partial charge in [-0.05, 0) is 42.0 Å². The van der Waals surface area contributed by atoms with Gasteiger partial charge < -0.3 is 4.90 Å². The maximum Gasteiger partial charge on any atom is 0.213 e. The van der Waals surface area contributed by atoms with Crippen LogP contribution in [0.1, 0.15) is 15.9 Å². The Hall–Kier alpha value is -1.84. The minimum absolute atomic E-state index is 0.0197. The first-order valence-corrected chi connectivity index (χ1v) is 7.02. The molecule has 3 nitrogen and oxygen atoms in total. The van der Waals surface area contributed by atoms with Crippen LogP contribution in [0.25, 0.3) is 0 Å². The van der Waals surface area contributed by atoms with E-state index in [1.54, 1.807) is 49.5 Å². The van der Waals surface area contributed by atoms with Gasteiger partial charge in [0.05, 0.1) is 10.0 Å². The number of Topliss-reactive ketones (excluding diaryl/α,β-unsaturated/α-hetero) is 1. The Kier molecular flexibility index (Phi) is 4.99. The lowest BCUT2D eigenvalue weighted by Crippen LogP contribution is -2.13. The molecular formula is C16H13Cl2NO2. The third-order valence-electron chi connectivity index (χ3n) is 3.10. The largest absolute Gasteiger partial charge is 0.318 e. The van der Waals surface area contributed by atoms with Gasteiger partial charge in [-0.1, -0.05) is 29.3 Å². The molecule has 0 heterocycles. The molecule has 0 aliphatic rings. The standard InChI is InChI=1S/C16H13Cl2NO2/c1-19(10-20)13-5-3-12(4-6-13)16(21)9-11-2-7-14(17)15(18)8-11/h2-8,10H,9H2,1H3. The maximum absolute atomic E-state index is 12.2. The number of benzene rings is 2. The van der Waals surface area contributed by atoms with Gasteiger partial charge in [0.1, 0.15) is 0 Å². The van der Waals surface area contributed by atoms with Gasteiger partial charge in [0.15, 0.2) is 5.78 Å². The van der Waals surface area contributed by atoms with Gasteiger partial charge in [-0.3, -0.25) is 9.59 Å². The first-order valence-electron chi connectivity index (χ1n) is 6.26. The van der Waals surface area contributed by atoms with Gasteiger partial charge in [0.25, 0.3) is 0 Å². The molecule has 0 N–H and O–H groups in total. The Morgan fingerprint density at radius 2 is 1.76 bits per heavy atom. The monoisotopic (exact) mass is 321 g/mol. The Balaban J connectivity index is 2.12. The zero-order chi connectivity index (χ0) is 15.4. The quantitative estimate of drug-likeness (QED) is 0.616. The molecule has 5 heteroatoms. The van der Waals surface area contributed by atoms with E-state index in [1.165, 1.54) is 4.90 Å². The Morgan fingerprint density at radius 1 is 1.10 bits per heavy atom. The van der Waals surface area contributed by atoms with Crippen molar-refractivity contribution in [2.45, 2.75) is 6.42 Å². The van der Waals surface area contributed by atoms with Crippen LogP contribution >= 0.6 is 23.2 Å². The fraction of sp³-hybridized carbons (Fsp3) is 0.125. The molecule has 108 valence electrons. The molecule has 0 saturated heterocycles. The number of halogens is 2. The number of amides is 1. The van der Waals surface area contributed by atoms with Gasteiger partial charge in [-0.2, -0.15) is 0 Å². The molecule has 0 fully saturated rings. The van der Waals surface area contributed by atoms with Crippen molar-refractivity contribution in [3.8, 4) is 0 Å². The smallest absolute Gasteiger partial charge is 0.213 e. The van der Waals surface area contributed by atoms with E-state index >= 15 is 0 Å². The van der Waals surface area contributed by atoms with Crippen LogP contribution in [-0.4, -0.2) is 19.2 Å². The molecule has 0 saturated carbocycles. The van der Waals surface area contributed by atoms with Crippen LogP contribution in [-0.2, 0) is 11.2 Å². The summed E-state index contributed by atoms with van der Waals surface area (Å²) in [5.41, 5.74) is 2.13. The summed E-state index contributed by atoms with van der Waals surface area (Å²) >= 11 is 11.8. The predicted octanol–water partition coefficient (Wildman–Crippen LogP) is 4.01. The number of carbonyl (C=O) groups excluding carboxylic acids is 2. The molecular weight excluding hydrogens is 309 g/mol. The topological polar surface area (TPSA) is 37.4 Å². The third kappa shape index (κ3) is 3.84. The molecule has 0 atom stereocenters. The van der Waals surface area contributed by atoms with Gasteiger partial charge in [0.2, 0.25) is 6.41 Å². The molecule has 0 aliphatic heterocycles. The summed E-state index contributed by atoms with van der Waals surface area (Å²) in [6.07, 6.45) is 0.965. The maximum atomic E-state index is 12.2. The number of ketones is 1. The van der Waals surface area contributed by atoms with Crippen LogP contribution in [0.2, 0.25) is 10.0 Å². The summed E-state index contributed by atoms with van der Waals surface area (Å²) in [6, 6.07) is 12.0. The van der Waals surface area contributed by atoms with Gasteiger partial charge in [-0.15, -0.1) is 0 Å². The summed E-state index contributed by atoms with van der Waals surface area (Å²) in [7, 11) is 1.65. The first kappa shape index (κ1) is 15.5. The van der Waals surface area contributed by atoms with Crippen molar-refractivity contribution in [1.82, 2.24) is 0 Å². The second kappa shape index (κ2) is 6.74. The molecule has 0 bridgehead atoms. The molecule has 2 aromatic rings. The number of rotatable bonds is 5. The van der Waals surface area contributed by atoms with Crippen LogP contribution in [0.3, 0.4) is 0 Å². The minimum atomic E-state index is -0.0197. The Labute approximate surface area is 133 Å². The Morgan fingerprint density at radius 3 is 2.33 bits per heavy atom. The van der Waals surface area contributed by atoms with Crippen molar-refractivity contribution >= 4 is 41.1 Å². The SMILES string of the molecule is CN(C=O)c1ccc(C(=O)Cc2ccc(Cl)c(Cl)c2)cc1.